The Morgan fingerprint density at radius 1 is 1.53 bits per heavy atom. The average molecular weight is 282 g/mol. The summed E-state index contributed by atoms with van der Waals surface area (Å²) in [4.78, 5) is 19.7. The van der Waals surface area contributed by atoms with Crippen LogP contribution >= 0.6 is 11.6 Å². The summed E-state index contributed by atoms with van der Waals surface area (Å²) in [6.07, 6.45) is 4.36. The van der Waals surface area contributed by atoms with Crippen LogP contribution in [0.1, 0.15) is 17.3 Å². The molecule has 2 aromatic rings. The highest BCUT2D eigenvalue weighted by atomic mass is 35.5. The van der Waals surface area contributed by atoms with E-state index in [1.807, 2.05) is 0 Å². The maximum Gasteiger partial charge on any atom is 0.341 e. The lowest BCUT2D eigenvalue weighted by atomic mass is 10.4. The minimum absolute atomic E-state index is 0.308. The maximum atomic E-state index is 11.5. The lowest BCUT2D eigenvalue weighted by Gasteiger charge is -2.04. The number of carbonyl (C=O) groups is 1. The SMILES string of the molecule is CCOC(=O)c1cnn(-c2nc(NC)ncc2Cl)c1. The largest absolute Gasteiger partial charge is 0.462 e. The predicted octanol–water partition coefficient (Wildman–Crippen LogP) is 1.53. The first kappa shape index (κ1) is 13.3. The van der Waals surface area contributed by atoms with Gasteiger partial charge in [0.05, 0.1) is 24.6 Å². The van der Waals surface area contributed by atoms with Gasteiger partial charge < -0.3 is 10.1 Å². The number of aromatic nitrogens is 4. The molecule has 0 spiro atoms. The van der Waals surface area contributed by atoms with Crippen LogP contribution in [-0.4, -0.2) is 39.4 Å². The summed E-state index contributed by atoms with van der Waals surface area (Å²) in [5.74, 6) is 0.358. The maximum absolute atomic E-state index is 11.5. The quantitative estimate of drug-likeness (QED) is 0.856. The van der Waals surface area contributed by atoms with Crippen molar-refractivity contribution in [1.82, 2.24) is 19.7 Å². The molecule has 2 heterocycles. The first-order valence-corrected chi connectivity index (χ1v) is 5.96. The molecule has 0 saturated carbocycles. The van der Waals surface area contributed by atoms with Crippen LogP contribution in [0.3, 0.4) is 0 Å². The Bertz CT molecular complexity index is 599. The Morgan fingerprint density at radius 2 is 2.32 bits per heavy atom. The van der Waals surface area contributed by atoms with Gasteiger partial charge in [-0.25, -0.2) is 14.5 Å². The molecule has 0 atom stereocenters. The third-order valence-corrected chi connectivity index (χ3v) is 2.53. The van der Waals surface area contributed by atoms with Crippen molar-refractivity contribution in [1.29, 1.82) is 0 Å². The van der Waals surface area contributed by atoms with Crippen LogP contribution in [0.2, 0.25) is 5.02 Å². The molecule has 2 aromatic heterocycles. The molecular formula is C11H12ClN5O2. The van der Waals surface area contributed by atoms with Crippen LogP contribution in [0.5, 0.6) is 0 Å². The summed E-state index contributed by atoms with van der Waals surface area (Å²) in [6.45, 7) is 2.05. The molecule has 1 N–H and O–H groups in total. The van der Waals surface area contributed by atoms with Gasteiger partial charge in [-0.3, -0.25) is 0 Å². The molecule has 2 rings (SSSR count). The number of hydrogen-bond acceptors (Lipinski definition) is 6. The molecule has 0 aliphatic carbocycles. The van der Waals surface area contributed by atoms with E-state index in [0.717, 1.165) is 0 Å². The van der Waals surface area contributed by atoms with Crippen molar-refractivity contribution < 1.29 is 9.53 Å². The summed E-state index contributed by atoms with van der Waals surface area (Å²) >= 11 is 6.01. The third kappa shape index (κ3) is 2.82. The van der Waals surface area contributed by atoms with Gasteiger partial charge in [0.1, 0.15) is 5.02 Å². The van der Waals surface area contributed by atoms with Gasteiger partial charge in [-0.15, -0.1) is 0 Å². The van der Waals surface area contributed by atoms with Crippen LogP contribution < -0.4 is 5.32 Å². The molecule has 0 aliphatic rings. The molecule has 0 aliphatic heterocycles. The summed E-state index contributed by atoms with van der Waals surface area (Å²) in [6, 6.07) is 0. The van der Waals surface area contributed by atoms with Crippen molar-refractivity contribution in [3.63, 3.8) is 0 Å². The molecule has 0 saturated heterocycles. The van der Waals surface area contributed by atoms with Gasteiger partial charge in [0.2, 0.25) is 5.95 Å². The molecule has 0 amide bonds. The van der Waals surface area contributed by atoms with E-state index in [4.69, 9.17) is 16.3 Å². The minimum Gasteiger partial charge on any atom is -0.462 e. The highest BCUT2D eigenvalue weighted by Crippen LogP contribution is 2.18. The molecule has 19 heavy (non-hydrogen) atoms. The van der Waals surface area contributed by atoms with E-state index >= 15 is 0 Å². The van der Waals surface area contributed by atoms with Crippen LogP contribution in [0, 0.1) is 0 Å². The van der Waals surface area contributed by atoms with Gasteiger partial charge in [-0.1, -0.05) is 11.6 Å². The Hall–Kier alpha value is -2.15. The van der Waals surface area contributed by atoms with Crippen molar-refractivity contribution in [3.8, 4) is 5.82 Å². The van der Waals surface area contributed by atoms with Gasteiger partial charge in [0, 0.05) is 13.2 Å². The van der Waals surface area contributed by atoms with Crippen molar-refractivity contribution in [3.05, 3.63) is 29.2 Å². The summed E-state index contributed by atoms with van der Waals surface area (Å²) < 4.78 is 6.28. The van der Waals surface area contributed by atoms with Crippen molar-refractivity contribution in [2.45, 2.75) is 6.92 Å². The number of nitrogens with one attached hydrogen (secondary N) is 1. The lowest BCUT2D eigenvalue weighted by molar-refractivity contribution is 0.0526. The molecule has 8 heteroatoms. The number of hydrogen-bond donors (Lipinski definition) is 1. The summed E-state index contributed by atoms with van der Waals surface area (Å²) in [5, 5.41) is 7.17. The first-order valence-electron chi connectivity index (χ1n) is 5.58. The number of anilines is 1. The topological polar surface area (TPSA) is 81.9 Å². The van der Waals surface area contributed by atoms with Crippen molar-refractivity contribution >= 4 is 23.5 Å². The first-order chi connectivity index (χ1) is 9.15. The normalized spacial score (nSPS) is 10.3. The average Bonchev–Trinajstić information content (AvgIpc) is 2.89. The molecule has 0 fully saturated rings. The van der Waals surface area contributed by atoms with E-state index in [0.29, 0.717) is 29.0 Å². The molecule has 100 valence electrons. The van der Waals surface area contributed by atoms with E-state index < -0.39 is 5.97 Å². The number of carbonyl (C=O) groups excluding carboxylic acids is 1. The third-order valence-electron chi connectivity index (χ3n) is 2.26. The Morgan fingerprint density at radius 3 is 3.00 bits per heavy atom. The van der Waals surface area contributed by atoms with E-state index in [1.165, 1.54) is 23.3 Å². The van der Waals surface area contributed by atoms with E-state index in [2.05, 4.69) is 20.4 Å². The van der Waals surface area contributed by atoms with Crippen LogP contribution in [0.25, 0.3) is 5.82 Å². The number of nitrogens with zero attached hydrogens (tertiary/aromatic N) is 4. The molecule has 0 bridgehead atoms. The van der Waals surface area contributed by atoms with E-state index in [1.54, 1.807) is 14.0 Å². The van der Waals surface area contributed by atoms with Gasteiger partial charge in [-0.05, 0) is 6.92 Å². The molecule has 7 nitrogen and oxygen atoms in total. The van der Waals surface area contributed by atoms with E-state index in [-0.39, 0.29) is 0 Å². The van der Waals surface area contributed by atoms with Gasteiger partial charge in [-0.2, -0.15) is 10.1 Å². The fourth-order valence-electron chi connectivity index (χ4n) is 1.40. The molecular weight excluding hydrogens is 270 g/mol. The Labute approximate surface area is 114 Å². The number of halogens is 1. The highest BCUT2D eigenvalue weighted by molar-refractivity contribution is 6.32. The van der Waals surface area contributed by atoms with Crippen molar-refractivity contribution in [2.24, 2.45) is 0 Å². The van der Waals surface area contributed by atoms with E-state index in [9.17, 15) is 4.79 Å². The minimum atomic E-state index is -0.437. The number of rotatable bonds is 4. The fraction of sp³-hybridized carbons (Fsp3) is 0.273. The second kappa shape index (κ2) is 5.66. The predicted molar refractivity (Wildman–Crippen MR) is 69.7 cm³/mol. The monoisotopic (exact) mass is 281 g/mol. The molecule has 0 radical (unpaired) electrons. The lowest BCUT2D eigenvalue weighted by Crippen LogP contribution is -2.05. The molecule has 0 aromatic carbocycles. The second-order valence-electron chi connectivity index (χ2n) is 3.51. The zero-order valence-corrected chi connectivity index (χ0v) is 11.2. The standard InChI is InChI=1S/C11H12ClN5O2/c1-3-19-10(18)7-4-15-17(6-7)9-8(12)5-14-11(13-2)16-9/h4-6H,3H2,1-2H3,(H,13,14,16). The summed E-state index contributed by atoms with van der Waals surface area (Å²) in [5.41, 5.74) is 0.336. The summed E-state index contributed by atoms with van der Waals surface area (Å²) in [7, 11) is 1.69. The smallest absolute Gasteiger partial charge is 0.341 e. The van der Waals surface area contributed by atoms with Crippen LogP contribution in [-0.2, 0) is 4.74 Å². The number of ether oxygens (including phenoxy) is 1. The Kier molecular flexibility index (Phi) is 3.96. The zero-order valence-electron chi connectivity index (χ0n) is 10.4. The van der Waals surface area contributed by atoms with Gasteiger partial charge in [0.25, 0.3) is 0 Å². The van der Waals surface area contributed by atoms with Gasteiger partial charge in [0.15, 0.2) is 5.82 Å². The number of esters is 1. The molecule has 0 unspecified atom stereocenters. The van der Waals surface area contributed by atoms with Gasteiger partial charge >= 0.3 is 5.97 Å². The van der Waals surface area contributed by atoms with Crippen LogP contribution in [0.4, 0.5) is 5.95 Å². The van der Waals surface area contributed by atoms with Crippen LogP contribution in [0.15, 0.2) is 18.6 Å². The highest BCUT2D eigenvalue weighted by Gasteiger charge is 2.13. The van der Waals surface area contributed by atoms with Crippen molar-refractivity contribution in [2.75, 3.05) is 19.0 Å². The Balaban J connectivity index is 2.34. The second-order valence-corrected chi connectivity index (χ2v) is 3.92. The fourth-order valence-corrected chi connectivity index (χ4v) is 1.58. The zero-order chi connectivity index (χ0) is 13.8.